The third kappa shape index (κ3) is 3.91. The average Bonchev–Trinajstić information content (AvgIpc) is 3.13. The van der Waals surface area contributed by atoms with E-state index in [1.165, 1.54) is 12.3 Å². The normalized spacial score (nSPS) is 17.5. The molecule has 1 aromatic carbocycles. The Kier molecular flexibility index (Phi) is 4.91. The fraction of sp³-hybridized carbons (Fsp3) is 0.400. The highest BCUT2D eigenvalue weighted by Crippen LogP contribution is 2.33. The molecule has 0 amide bonds. The number of piperazine rings is 1. The third-order valence-electron chi connectivity index (χ3n) is 5.23. The van der Waals surface area contributed by atoms with Gasteiger partial charge in [-0.15, -0.1) is 15.3 Å². The van der Waals surface area contributed by atoms with Gasteiger partial charge in [0.2, 0.25) is 11.9 Å². The number of phenolic OH excluding ortho intramolecular Hbond substituents is 1. The third-order valence-corrected chi connectivity index (χ3v) is 5.23. The average molecular weight is 397 g/mol. The van der Waals surface area contributed by atoms with Crippen molar-refractivity contribution in [3.63, 3.8) is 0 Å². The van der Waals surface area contributed by atoms with Crippen LogP contribution in [0.15, 0.2) is 30.6 Å². The molecule has 0 spiro atoms. The summed E-state index contributed by atoms with van der Waals surface area (Å²) >= 11 is 0. The molecule has 2 aromatic heterocycles. The predicted octanol–water partition coefficient (Wildman–Crippen LogP) is 2.60. The Balaban J connectivity index is 1.54. The van der Waals surface area contributed by atoms with Crippen LogP contribution in [-0.4, -0.2) is 56.2 Å². The summed E-state index contributed by atoms with van der Waals surface area (Å²) in [5.41, 5.74) is 1.88. The van der Waals surface area contributed by atoms with Crippen molar-refractivity contribution in [3.8, 4) is 28.1 Å². The van der Waals surface area contributed by atoms with Gasteiger partial charge in [-0.25, -0.2) is 4.98 Å². The molecule has 0 unspecified atom stereocenters. The van der Waals surface area contributed by atoms with Crippen LogP contribution in [0.4, 0.5) is 10.3 Å². The van der Waals surface area contributed by atoms with Crippen molar-refractivity contribution in [2.45, 2.75) is 26.8 Å². The van der Waals surface area contributed by atoms with E-state index in [1.807, 2.05) is 0 Å². The lowest BCUT2D eigenvalue weighted by Gasteiger charge is -2.40. The topological polar surface area (TPSA) is 103 Å². The Labute approximate surface area is 168 Å². The van der Waals surface area contributed by atoms with Crippen LogP contribution in [0.25, 0.3) is 22.4 Å². The summed E-state index contributed by atoms with van der Waals surface area (Å²) in [6.07, 6.45) is 3.04. The van der Waals surface area contributed by atoms with E-state index in [9.17, 15) is 9.50 Å². The second-order valence-corrected chi connectivity index (χ2v) is 8.28. The molecule has 1 fully saturated rings. The van der Waals surface area contributed by atoms with Crippen LogP contribution in [0.3, 0.4) is 0 Å². The number of halogens is 1. The molecule has 0 radical (unpaired) electrons. The summed E-state index contributed by atoms with van der Waals surface area (Å²) in [6, 6.07) is 5.17. The number of benzene rings is 1. The first-order valence-electron chi connectivity index (χ1n) is 9.54. The molecule has 1 aliphatic heterocycles. The monoisotopic (exact) mass is 397 g/mol. The first kappa shape index (κ1) is 19.3. The Morgan fingerprint density at radius 3 is 2.66 bits per heavy atom. The van der Waals surface area contributed by atoms with Crippen LogP contribution in [-0.2, 0) is 0 Å². The van der Waals surface area contributed by atoms with Gasteiger partial charge in [-0.05, 0) is 23.1 Å². The van der Waals surface area contributed by atoms with Gasteiger partial charge in [0.25, 0.3) is 0 Å². The number of hydrogen-bond donors (Lipinski definition) is 3. The summed E-state index contributed by atoms with van der Waals surface area (Å²) in [5.74, 6) is -0.0736. The number of hydrogen-bond acceptors (Lipinski definition) is 7. The van der Waals surface area contributed by atoms with E-state index in [4.69, 9.17) is 0 Å². The van der Waals surface area contributed by atoms with Gasteiger partial charge in [0.05, 0.1) is 11.8 Å². The van der Waals surface area contributed by atoms with Crippen molar-refractivity contribution in [2.75, 3.05) is 24.5 Å². The number of phenols is 1. The first-order chi connectivity index (χ1) is 13.8. The molecule has 3 N–H and O–H groups in total. The molecule has 0 aliphatic carbocycles. The Bertz CT molecular complexity index is 997. The number of nitrogens with zero attached hydrogens (tertiary/aromatic N) is 5. The quantitative estimate of drug-likeness (QED) is 0.624. The first-order valence-corrected chi connectivity index (χ1v) is 9.54. The van der Waals surface area contributed by atoms with Crippen LogP contribution < -0.4 is 10.2 Å². The van der Waals surface area contributed by atoms with E-state index < -0.39 is 5.95 Å². The Morgan fingerprint density at radius 2 is 2.03 bits per heavy atom. The number of aromatic amines is 1. The molecule has 1 saturated heterocycles. The van der Waals surface area contributed by atoms with Crippen molar-refractivity contribution in [1.29, 1.82) is 0 Å². The maximum absolute atomic E-state index is 13.6. The molecule has 3 aromatic rings. The number of H-pyrrole nitrogens is 1. The van der Waals surface area contributed by atoms with Gasteiger partial charge in [0.1, 0.15) is 11.4 Å². The summed E-state index contributed by atoms with van der Waals surface area (Å²) in [6.45, 7) is 9.10. The minimum Gasteiger partial charge on any atom is -0.507 e. The van der Waals surface area contributed by atoms with E-state index >= 15 is 0 Å². The van der Waals surface area contributed by atoms with Crippen molar-refractivity contribution in [2.24, 2.45) is 5.41 Å². The number of aromatic hydroxyl groups is 1. The smallest absolute Gasteiger partial charge is 0.245 e. The van der Waals surface area contributed by atoms with Gasteiger partial charge < -0.3 is 15.3 Å². The molecule has 9 heteroatoms. The molecule has 4 rings (SSSR count). The second kappa shape index (κ2) is 7.40. The molecule has 0 bridgehead atoms. The van der Waals surface area contributed by atoms with Crippen molar-refractivity contribution < 1.29 is 9.50 Å². The lowest BCUT2D eigenvalue weighted by atomic mass is 9.85. The molecule has 1 atom stereocenters. The molecule has 0 saturated carbocycles. The molecule has 8 nitrogen and oxygen atoms in total. The maximum atomic E-state index is 13.6. The molecule has 29 heavy (non-hydrogen) atoms. The van der Waals surface area contributed by atoms with Gasteiger partial charge in [-0.2, -0.15) is 4.39 Å². The molecular weight excluding hydrogens is 373 g/mol. The molecule has 1 aliphatic rings. The summed E-state index contributed by atoms with van der Waals surface area (Å²) in [7, 11) is 0. The SMILES string of the molecule is CC(C)(C)[C@H]1CN(c2ncc(-c3ccc(-c4c[nH]nc4F)cc3O)nn2)CCN1. The zero-order valence-corrected chi connectivity index (χ0v) is 16.6. The van der Waals surface area contributed by atoms with E-state index in [0.29, 0.717) is 34.4 Å². The van der Waals surface area contributed by atoms with E-state index in [1.54, 1.807) is 18.3 Å². The summed E-state index contributed by atoms with van der Waals surface area (Å²) in [4.78, 5) is 6.58. The zero-order chi connectivity index (χ0) is 20.6. The van der Waals surface area contributed by atoms with Crippen molar-refractivity contribution in [1.82, 2.24) is 30.7 Å². The fourth-order valence-corrected chi connectivity index (χ4v) is 3.44. The number of rotatable bonds is 3. The summed E-state index contributed by atoms with van der Waals surface area (Å²) in [5, 5.41) is 28.4. The van der Waals surface area contributed by atoms with Gasteiger partial charge in [0, 0.05) is 37.4 Å². The summed E-state index contributed by atoms with van der Waals surface area (Å²) < 4.78 is 13.6. The fourth-order valence-electron chi connectivity index (χ4n) is 3.44. The van der Waals surface area contributed by atoms with Crippen LogP contribution in [0.1, 0.15) is 20.8 Å². The lowest BCUT2D eigenvalue weighted by Crippen LogP contribution is -2.56. The molecular formula is C20H24FN7O. The standard InChI is InChI=1S/C20H24FN7O/c1-20(2,3)17-11-28(7-6-22-17)19-23-10-15(25-27-19)13-5-4-12(8-16(13)29)14-9-24-26-18(14)21/h4-5,8-10,17,22,29H,6-7,11H2,1-3H3,(H,24,26)/t17-/m1/s1. The zero-order valence-electron chi connectivity index (χ0n) is 16.6. The molecule has 3 heterocycles. The number of aromatic nitrogens is 5. The largest absolute Gasteiger partial charge is 0.507 e. The van der Waals surface area contributed by atoms with E-state index in [0.717, 1.165) is 19.6 Å². The highest BCUT2D eigenvalue weighted by molar-refractivity contribution is 5.73. The molecule has 152 valence electrons. The Hall–Kier alpha value is -3.07. The van der Waals surface area contributed by atoms with E-state index in [2.05, 4.69) is 56.4 Å². The van der Waals surface area contributed by atoms with Crippen molar-refractivity contribution in [3.05, 3.63) is 36.5 Å². The number of anilines is 1. The van der Waals surface area contributed by atoms with Crippen LogP contribution in [0.2, 0.25) is 0 Å². The van der Waals surface area contributed by atoms with Gasteiger partial charge in [-0.3, -0.25) is 5.10 Å². The van der Waals surface area contributed by atoms with Gasteiger partial charge >= 0.3 is 0 Å². The van der Waals surface area contributed by atoms with Crippen LogP contribution in [0.5, 0.6) is 5.75 Å². The van der Waals surface area contributed by atoms with Crippen LogP contribution >= 0.6 is 0 Å². The second-order valence-electron chi connectivity index (χ2n) is 8.28. The highest BCUT2D eigenvalue weighted by Gasteiger charge is 2.30. The lowest BCUT2D eigenvalue weighted by molar-refractivity contribution is 0.252. The maximum Gasteiger partial charge on any atom is 0.245 e. The van der Waals surface area contributed by atoms with Gasteiger partial charge in [0.15, 0.2) is 0 Å². The van der Waals surface area contributed by atoms with Gasteiger partial charge in [-0.1, -0.05) is 26.8 Å². The highest BCUT2D eigenvalue weighted by atomic mass is 19.1. The van der Waals surface area contributed by atoms with Crippen LogP contribution in [0, 0.1) is 11.4 Å². The minimum atomic E-state index is -0.618. The van der Waals surface area contributed by atoms with E-state index in [-0.39, 0.29) is 11.2 Å². The Morgan fingerprint density at radius 1 is 1.21 bits per heavy atom. The van der Waals surface area contributed by atoms with Crippen molar-refractivity contribution >= 4 is 5.95 Å². The predicted molar refractivity (Wildman–Crippen MR) is 108 cm³/mol. The number of nitrogens with one attached hydrogen (secondary N) is 2. The minimum absolute atomic E-state index is 0.0260.